The highest BCUT2D eigenvalue weighted by atomic mass is 17.0. The normalized spacial score (nSPS) is 16.0. The SMILES string of the molecule is CCc1ccc(ON2CC=C(C)O2)cc1. The van der Waals surface area contributed by atoms with E-state index < -0.39 is 0 Å². The fourth-order valence-electron chi connectivity index (χ4n) is 1.40. The van der Waals surface area contributed by atoms with Gasteiger partial charge in [-0.15, -0.1) is 0 Å². The molecule has 0 atom stereocenters. The maximum atomic E-state index is 5.50. The molecule has 0 fully saturated rings. The summed E-state index contributed by atoms with van der Waals surface area (Å²) in [7, 11) is 0. The van der Waals surface area contributed by atoms with E-state index in [4.69, 9.17) is 9.68 Å². The Hall–Kier alpha value is -1.48. The predicted octanol–water partition coefficient (Wildman–Crippen LogP) is 2.69. The molecule has 1 aromatic rings. The third kappa shape index (κ3) is 2.50. The summed E-state index contributed by atoms with van der Waals surface area (Å²) in [5.74, 6) is 1.68. The molecular formula is C12H15NO2. The Balaban J connectivity index is 1.94. The van der Waals surface area contributed by atoms with Crippen molar-refractivity contribution in [2.45, 2.75) is 20.3 Å². The van der Waals surface area contributed by atoms with Crippen LogP contribution in [0.25, 0.3) is 0 Å². The van der Waals surface area contributed by atoms with Crippen LogP contribution in [0.15, 0.2) is 36.1 Å². The van der Waals surface area contributed by atoms with Crippen LogP contribution in [0.5, 0.6) is 5.75 Å². The monoisotopic (exact) mass is 205 g/mol. The van der Waals surface area contributed by atoms with Crippen LogP contribution in [-0.2, 0) is 11.3 Å². The second-order valence-corrected chi connectivity index (χ2v) is 3.51. The van der Waals surface area contributed by atoms with E-state index in [9.17, 15) is 0 Å². The van der Waals surface area contributed by atoms with Gasteiger partial charge in [-0.1, -0.05) is 19.1 Å². The van der Waals surface area contributed by atoms with Crippen molar-refractivity contribution in [1.82, 2.24) is 5.23 Å². The third-order valence-corrected chi connectivity index (χ3v) is 2.31. The molecule has 3 heteroatoms. The lowest BCUT2D eigenvalue weighted by Gasteiger charge is -2.15. The van der Waals surface area contributed by atoms with Crippen LogP contribution in [0.2, 0.25) is 0 Å². The molecule has 0 aromatic heterocycles. The first kappa shape index (κ1) is 10.1. The highest BCUT2D eigenvalue weighted by molar-refractivity contribution is 5.26. The van der Waals surface area contributed by atoms with Crippen LogP contribution in [0.4, 0.5) is 0 Å². The first-order valence-electron chi connectivity index (χ1n) is 5.17. The number of benzene rings is 1. The van der Waals surface area contributed by atoms with Gasteiger partial charge in [0.05, 0.1) is 6.54 Å². The van der Waals surface area contributed by atoms with Gasteiger partial charge in [0.2, 0.25) is 0 Å². The molecule has 0 radical (unpaired) electrons. The molecule has 1 aliphatic rings. The fraction of sp³-hybridized carbons (Fsp3) is 0.333. The van der Waals surface area contributed by atoms with Crippen molar-refractivity contribution in [3.8, 4) is 5.75 Å². The van der Waals surface area contributed by atoms with Crippen molar-refractivity contribution in [1.29, 1.82) is 0 Å². The van der Waals surface area contributed by atoms with Gasteiger partial charge in [-0.3, -0.25) is 0 Å². The molecule has 1 aromatic carbocycles. The molecule has 80 valence electrons. The fourth-order valence-corrected chi connectivity index (χ4v) is 1.40. The molecule has 3 nitrogen and oxygen atoms in total. The van der Waals surface area contributed by atoms with Crippen molar-refractivity contribution in [2.75, 3.05) is 6.54 Å². The lowest BCUT2D eigenvalue weighted by molar-refractivity contribution is -0.274. The molecule has 0 unspecified atom stereocenters. The Bertz CT molecular complexity index is 356. The largest absolute Gasteiger partial charge is 0.376 e. The Kier molecular flexibility index (Phi) is 2.92. The quantitative estimate of drug-likeness (QED) is 0.757. The predicted molar refractivity (Wildman–Crippen MR) is 58.0 cm³/mol. The molecule has 2 rings (SSSR count). The van der Waals surface area contributed by atoms with Crippen molar-refractivity contribution in [3.63, 3.8) is 0 Å². The Morgan fingerprint density at radius 3 is 2.60 bits per heavy atom. The number of hydrogen-bond donors (Lipinski definition) is 0. The molecule has 0 aliphatic carbocycles. The molecule has 0 N–H and O–H groups in total. The standard InChI is InChI=1S/C12H15NO2/c1-3-11-4-6-12(7-5-11)15-13-9-8-10(2)14-13/h4-8H,3,9H2,1-2H3. The van der Waals surface area contributed by atoms with E-state index in [1.807, 2.05) is 25.1 Å². The molecule has 15 heavy (non-hydrogen) atoms. The summed E-state index contributed by atoms with van der Waals surface area (Å²) in [6.07, 6.45) is 3.02. The Morgan fingerprint density at radius 2 is 2.07 bits per heavy atom. The topological polar surface area (TPSA) is 21.7 Å². The van der Waals surface area contributed by atoms with E-state index in [-0.39, 0.29) is 0 Å². The molecule has 1 aliphatic heterocycles. The van der Waals surface area contributed by atoms with Crippen LogP contribution in [0.3, 0.4) is 0 Å². The minimum absolute atomic E-state index is 0.668. The number of nitrogens with zero attached hydrogens (tertiary/aromatic N) is 1. The van der Waals surface area contributed by atoms with Gasteiger partial charge in [0.15, 0.2) is 5.75 Å². The highest BCUT2D eigenvalue weighted by Gasteiger charge is 2.13. The maximum Gasteiger partial charge on any atom is 0.151 e. The van der Waals surface area contributed by atoms with Crippen molar-refractivity contribution >= 4 is 0 Å². The van der Waals surface area contributed by atoms with Crippen LogP contribution in [-0.4, -0.2) is 11.8 Å². The zero-order valence-corrected chi connectivity index (χ0v) is 9.06. The van der Waals surface area contributed by atoms with Gasteiger partial charge in [0.1, 0.15) is 5.76 Å². The number of allylic oxidation sites excluding steroid dienone is 1. The van der Waals surface area contributed by atoms with Gasteiger partial charge in [0, 0.05) is 5.23 Å². The van der Waals surface area contributed by atoms with E-state index in [0.717, 1.165) is 17.9 Å². The zero-order valence-electron chi connectivity index (χ0n) is 9.06. The van der Waals surface area contributed by atoms with Crippen LogP contribution in [0, 0.1) is 0 Å². The molecule has 0 spiro atoms. The van der Waals surface area contributed by atoms with E-state index in [0.29, 0.717) is 6.54 Å². The van der Waals surface area contributed by atoms with Gasteiger partial charge in [-0.05, 0) is 37.1 Å². The maximum absolute atomic E-state index is 5.50. The summed E-state index contributed by atoms with van der Waals surface area (Å²) in [6.45, 7) is 4.71. The average Bonchev–Trinajstić information content (AvgIpc) is 2.65. The second kappa shape index (κ2) is 4.36. The average molecular weight is 205 g/mol. The van der Waals surface area contributed by atoms with Crippen LogP contribution < -0.4 is 4.84 Å². The van der Waals surface area contributed by atoms with E-state index in [2.05, 4.69) is 19.1 Å². The van der Waals surface area contributed by atoms with Gasteiger partial charge in [-0.2, -0.15) is 0 Å². The van der Waals surface area contributed by atoms with E-state index >= 15 is 0 Å². The van der Waals surface area contributed by atoms with Crippen molar-refractivity contribution < 1.29 is 9.68 Å². The summed E-state index contributed by atoms with van der Waals surface area (Å²) in [6, 6.07) is 8.03. The minimum Gasteiger partial charge on any atom is -0.376 e. The van der Waals surface area contributed by atoms with E-state index in [1.54, 1.807) is 0 Å². The first-order chi connectivity index (χ1) is 7.28. The number of aryl methyl sites for hydroxylation is 1. The number of rotatable bonds is 3. The summed E-state index contributed by atoms with van der Waals surface area (Å²) in [5.41, 5.74) is 1.30. The van der Waals surface area contributed by atoms with Gasteiger partial charge in [0.25, 0.3) is 0 Å². The van der Waals surface area contributed by atoms with Crippen LogP contribution in [0.1, 0.15) is 19.4 Å². The Labute approximate surface area is 89.8 Å². The summed E-state index contributed by atoms with van der Waals surface area (Å²) in [5, 5.41) is 1.47. The summed E-state index contributed by atoms with van der Waals surface area (Å²) >= 11 is 0. The van der Waals surface area contributed by atoms with Crippen molar-refractivity contribution in [3.05, 3.63) is 41.7 Å². The number of hydroxylamine groups is 2. The smallest absolute Gasteiger partial charge is 0.151 e. The molecular weight excluding hydrogens is 190 g/mol. The molecule has 0 saturated carbocycles. The number of hydrogen-bond acceptors (Lipinski definition) is 3. The first-order valence-corrected chi connectivity index (χ1v) is 5.17. The van der Waals surface area contributed by atoms with Gasteiger partial charge < -0.3 is 9.68 Å². The Morgan fingerprint density at radius 1 is 1.33 bits per heavy atom. The summed E-state index contributed by atoms with van der Waals surface area (Å²) in [4.78, 5) is 10.8. The van der Waals surface area contributed by atoms with Gasteiger partial charge in [-0.25, -0.2) is 0 Å². The van der Waals surface area contributed by atoms with Crippen molar-refractivity contribution in [2.24, 2.45) is 0 Å². The summed E-state index contributed by atoms with van der Waals surface area (Å²) < 4.78 is 0. The lowest BCUT2D eigenvalue weighted by Crippen LogP contribution is -2.22. The molecule has 0 saturated heterocycles. The van der Waals surface area contributed by atoms with Gasteiger partial charge >= 0.3 is 0 Å². The third-order valence-electron chi connectivity index (χ3n) is 2.31. The molecule has 1 heterocycles. The minimum atomic E-state index is 0.668. The second-order valence-electron chi connectivity index (χ2n) is 3.51. The molecule has 0 bridgehead atoms. The highest BCUT2D eigenvalue weighted by Crippen LogP contribution is 2.17. The lowest BCUT2D eigenvalue weighted by atomic mass is 10.2. The zero-order chi connectivity index (χ0) is 10.7. The van der Waals surface area contributed by atoms with E-state index in [1.165, 1.54) is 10.8 Å². The molecule has 0 amide bonds. The van der Waals surface area contributed by atoms with Crippen LogP contribution >= 0.6 is 0 Å².